The zero-order valence-electron chi connectivity index (χ0n) is 12.1. The van der Waals surface area contributed by atoms with Gasteiger partial charge in [0.2, 0.25) is 0 Å². The van der Waals surface area contributed by atoms with Gasteiger partial charge < -0.3 is 15.0 Å². The van der Waals surface area contributed by atoms with Crippen molar-refractivity contribution < 1.29 is 4.74 Å². The molecule has 1 heterocycles. The van der Waals surface area contributed by atoms with Crippen molar-refractivity contribution in [1.82, 2.24) is 15.2 Å². The summed E-state index contributed by atoms with van der Waals surface area (Å²) in [5.74, 6) is 0. The second-order valence-electron chi connectivity index (χ2n) is 5.40. The van der Waals surface area contributed by atoms with E-state index in [1.54, 1.807) is 7.11 Å². The molecule has 1 saturated carbocycles. The van der Waals surface area contributed by atoms with Crippen LogP contribution in [0.2, 0.25) is 0 Å². The fourth-order valence-electron chi connectivity index (χ4n) is 2.04. The molecule has 1 N–H and O–H groups in total. The van der Waals surface area contributed by atoms with Gasteiger partial charge in [-0.25, -0.2) is 0 Å². The smallest absolute Gasteiger partial charge is 0.0544 e. The molecular formula is C15H25N3O. The predicted molar refractivity (Wildman–Crippen MR) is 76.9 cm³/mol. The van der Waals surface area contributed by atoms with E-state index < -0.39 is 0 Å². The van der Waals surface area contributed by atoms with Crippen molar-refractivity contribution in [2.45, 2.75) is 38.4 Å². The number of pyridine rings is 1. The van der Waals surface area contributed by atoms with Gasteiger partial charge in [0.1, 0.15) is 0 Å². The summed E-state index contributed by atoms with van der Waals surface area (Å²) in [5, 5.41) is 3.50. The van der Waals surface area contributed by atoms with Gasteiger partial charge in [0, 0.05) is 45.6 Å². The molecule has 1 aliphatic carbocycles. The maximum atomic E-state index is 5.06. The second kappa shape index (κ2) is 7.58. The Morgan fingerprint density at radius 3 is 2.89 bits per heavy atom. The average molecular weight is 263 g/mol. The summed E-state index contributed by atoms with van der Waals surface area (Å²) >= 11 is 0. The molecule has 0 amide bonds. The van der Waals surface area contributed by atoms with Gasteiger partial charge in [-0.2, -0.15) is 0 Å². The van der Waals surface area contributed by atoms with Crippen LogP contribution in [0.25, 0.3) is 0 Å². The van der Waals surface area contributed by atoms with Crippen molar-refractivity contribution in [1.29, 1.82) is 0 Å². The monoisotopic (exact) mass is 263 g/mol. The lowest BCUT2D eigenvalue weighted by Gasteiger charge is -2.15. The minimum atomic E-state index is 0.756. The molecule has 1 fully saturated rings. The van der Waals surface area contributed by atoms with E-state index >= 15 is 0 Å². The number of aromatic nitrogens is 1. The molecule has 2 rings (SSSR count). The standard InChI is InChI=1S/C15H25N3O/c1-18(8-3-9-19-2)12-15-5-4-13(11-17-15)10-16-14-6-7-14/h4-5,11,14,16H,3,6-10,12H2,1-2H3. The molecule has 0 aliphatic heterocycles. The molecule has 0 radical (unpaired) electrons. The van der Waals surface area contributed by atoms with Crippen molar-refractivity contribution >= 4 is 0 Å². The van der Waals surface area contributed by atoms with Crippen LogP contribution in [-0.4, -0.2) is 43.2 Å². The fraction of sp³-hybridized carbons (Fsp3) is 0.667. The Kier molecular flexibility index (Phi) is 5.76. The number of rotatable bonds is 9. The van der Waals surface area contributed by atoms with Crippen LogP contribution >= 0.6 is 0 Å². The molecule has 0 spiro atoms. The Bertz CT molecular complexity index is 362. The summed E-state index contributed by atoms with van der Waals surface area (Å²) in [7, 11) is 3.87. The van der Waals surface area contributed by atoms with Crippen LogP contribution in [0.5, 0.6) is 0 Å². The van der Waals surface area contributed by atoms with Crippen LogP contribution in [0.3, 0.4) is 0 Å². The van der Waals surface area contributed by atoms with Crippen LogP contribution in [0.1, 0.15) is 30.5 Å². The minimum absolute atomic E-state index is 0.756. The Morgan fingerprint density at radius 1 is 1.42 bits per heavy atom. The first-order valence-corrected chi connectivity index (χ1v) is 7.12. The highest BCUT2D eigenvalue weighted by molar-refractivity contribution is 5.14. The van der Waals surface area contributed by atoms with Gasteiger partial charge in [0.25, 0.3) is 0 Å². The van der Waals surface area contributed by atoms with E-state index in [0.717, 1.165) is 44.4 Å². The van der Waals surface area contributed by atoms with E-state index in [0.29, 0.717) is 0 Å². The van der Waals surface area contributed by atoms with Crippen LogP contribution in [0.4, 0.5) is 0 Å². The second-order valence-corrected chi connectivity index (χ2v) is 5.40. The summed E-state index contributed by atoms with van der Waals surface area (Å²) in [6, 6.07) is 5.07. The molecule has 0 saturated heterocycles. The van der Waals surface area contributed by atoms with Crippen molar-refractivity contribution in [3.8, 4) is 0 Å². The van der Waals surface area contributed by atoms with Crippen LogP contribution < -0.4 is 5.32 Å². The third-order valence-corrected chi connectivity index (χ3v) is 3.38. The van der Waals surface area contributed by atoms with Gasteiger partial charge in [0.05, 0.1) is 5.69 Å². The molecule has 1 aromatic rings. The molecule has 106 valence electrons. The molecule has 1 aromatic heterocycles. The zero-order valence-corrected chi connectivity index (χ0v) is 12.1. The van der Waals surface area contributed by atoms with E-state index in [4.69, 9.17) is 4.74 Å². The third-order valence-electron chi connectivity index (χ3n) is 3.38. The Hall–Kier alpha value is -0.970. The highest BCUT2D eigenvalue weighted by Gasteiger charge is 2.19. The van der Waals surface area contributed by atoms with E-state index in [1.807, 2.05) is 6.20 Å². The fourth-order valence-corrected chi connectivity index (χ4v) is 2.04. The quantitative estimate of drug-likeness (QED) is 0.689. The van der Waals surface area contributed by atoms with Crippen molar-refractivity contribution in [2.75, 3.05) is 27.3 Å². The Labute approximate surface area is 116 Å². The van der Waals surface area contributed by atoms with Crippen molar-refractivity contribution in [3.63, 3.8) is 0 Å². The SMILES string of the molecule is COCCCN(C)Cc1ccc(CNC2CC2)cn1. The predicted octanol–water partition coefficient (Wildman–Crippen LogP) is 1.80. The van der Waals surface area contributed by atoms with E-state index in [2.05, 4.69) is 34.4 Å². The summed E-state index contributed by atoms with van der Waals surface area (Å²) in [4.78, 5) is 6.81. The minimum Gasteiger partial charge on any atom is -0.385 e. The maximum absolute atomic E-state index is 5.06. The summed E-state index contributed by atoms with van der Waals surface area (Å²) in [6.45, 7) is 3.71. The van der Waals surface area contributed by atoms with E-state index in [1.165, 1.54) is 18.4 Å². The first kappa shape index (κ1) is 14.4. The lowest BCUT2D eigenvalue weighted by Crippen LogP contribution is -2.21. The van der Waals surface area contributed by atoms with Gasteiger partial charge >= 0.3 is 0 Å². The molecule has 0 unspecified atom stereocenters. The van der Waals surface area contributed by atoms with Gasteiger partial charge in [-0.1, -0.05) is 6.07 Å². The lowest BCUT2D eigenvalue weighted by atomic mass is 10.2. The highest BCUT2D eigenvalue weighted by atomic mass is 16.5. The highest BCUT2D eigenvalue weighted by Crippen LogP contribution is 2.19. The molecule has 19 heavy (non-hydrogen) atoms. The normalized spacial score (nSPS) is 15.1. The molecule has 1 aliphatic rings. The topological polar surface area (TPSA) is 37.4 Å². The molecule has 4 nitrogen and oxygen atoms in total. The number of hydrogen-bond acceptors (Lipinski definition) is 4. The zero-order chi connectivity index (χ0) is 13.5. The number of nitrogens with zero attached hydrogens (tertiary/aromatic N) is 2. The number of nitrogens with one attached hydrogen (secondary N) is 1. The Morgan fingerprint density at radius 2 is 2.26 bits per heavy atom. The maximum Gasteiger partial charge on any atom is 0.0544 e. The Balaban J connectivity index is 1.70. The molecule has 0 bridgehead atoms. The van der Waals surface area contributed by atoms with Gasteiger partial charge in [-0.3, -0.25) is 4.98 Å². The van der Waals surface area contributed by atoms with Crippen LogP contribution in [0.15, 0.2) is 18.3 Å². The number of ether oxygens (including phenoxy) is 1. The van der Waals surface area contributed by atoms with Gasteiger partial charge in [-0.15, -0.1) is 0 Å². The number of methoxy groups -OCH3 is 1. The van der Waals surface area contributed by atoms with E-state index in [9.17, 15) is 0 Å². The van der Waals surface area contributed by atoms with E-state index in [-0.39, 0.29) is 0 Å². The van der Waals surface area contributed by atoms with Crippen molar-refractivity contribution in [3.05, 3.63) is 29.6 Å². The average Bonchev–Trinajstić information content (AvgIpc) is 3.22. The molecule has 4 heteroatoms. The molecule has 0 atom stereocenters. The van der Waals surface area contributed by atoms with Gasteiger partial charge in [-0.05, 0) is 37.9 Å². The van der Waals surface area contributed by atoms with Crippen LogP contribution in [-0.2, 0) is 17.8 Å². The molecule has 0 aromatic carbocycles. The summed E-state index contributed by atoms with van der Waals surface area (Å²) < 4.78 is 5.06. The summed E-state index contributed by atoms with van der Waals surface area (Å²) in [5.41, 5.74) is 2.41. The third kappa shape index (κ3) is 5.68. The largest absolute Gasteiger partial charge is 0.385 e. The van der Waals surface area contributed by atoms with Crippen LogP contribution in [0, 0.1) is 0 Å². The lowest BCUT2D eigenvalue weighted by molar-refractivity contribution is 0.178. The summed E-state index contributed by atoms with van der Waals surface area (Å²) in [6.07, 6.45) is 5.72. The molecular weight excluding hydrogens is 238 g/mol. The number of hydrogen-bond donors (Lipinski definition) is 1. The first-order valence-electron chi connectivity index (χ1n) is 7.12. The van der Waals surface area contributed by atoms with Crippen molar-refractivity contribution in [2.24, 2.45) is 0 Å². The first-order chi connectivity index (χ1) is 9.28. The van der Waals surface area contributed by atoms with Gasteiger partial charge in [0.15, 0.2) is 0 Å².